The van der Waals surface area contributed by atoms with E-state index in [4.69, 9.17) is 0 Å². The predicted octanol–water partition coefficient (Wildman–Crippen LogP) is 3.20. The molecule has 2 amide bonds. The Bertz CT molecular complexity index is 557. The summed E-state index contributed by atoms with van der Waals surface area (Å²) >= 11 is 1.83. The van der Waals surface area contributed by atoms with Crippen molar-refractivity contribution in [2.45, 2.75) is 50.2 Å². The SMILES string of the molecule is CCC(=O)N1CCCN(C(=O)Cc2ccc(SC(C)C)cc2)CC1. The van der Waals surface area contributed by atoms with E-state index in [1.165, 1.54) is 4.90 Å². The van der Waals surface area contributed by atoms with Gasteiger partial charge in [0.2, 0.25) is 11.8 Å². The molecule has 132 valence electrons. The van der Waals surface area contributed by atoms with E-state index in [-0.39, 0.29) is 11.8 Å². The van der Waals surface area contributed by atoms with Gasteiger partial charge in [-0.15, -0.1) is 11.8 Å². The third kappa shape index (κ3) is 5.55. The van der Waals surface area contributed by atoms with Crippen molar-refractivity contribution >= 4 is 23.6 Å². The maximum atomic E-state index is 12.5. The smallest absolute Gasteiger partial charge is 0.227 e. The summed E-state index contributed by atoms with van der Waals surface area (Å²) in [5.74, 6) is 0.340. The standard InChI is InChI=1S/C19H28N2O2S/c1-4-18(22)20-10-5-11-21(13-12-20)19(23)14-16-6-8-17(9-7-16)24-15(2)3/h6-9,15H,4-5,10-14H2,1-3H3. The van der Waals surface area contributed by atoms with Crippen LogP contribution in [-0.2, 0) is 16.0 Å². The topological polar surface area (TPSA) is 40.6 Å². The fraction of sp³-hybridized carbons (Fsp3) is 0.579. The molecule has 0 bridgehead atoms. The molecule has 1 aliphatic rings. The Morgan fingerprint density at radius 3 is 2.12 bits per heavy atom. The lowest BCUT2D eigenvalue weighted by Gasteiger charge is -2.22. The van der Waals surface area contributed by atoms with Gasteiger partial charge in [-0.2, -0.15) is 0 Å². The first-order valence-electron chi connectivity index (χ1n) is 8.80. The average Bonchev–Trinajstić information content (AvgIpc) is 2.81. The van der Waals surface area contributed by atoms with Crippen molar-refractivity contribution in [3.05, 3.63) is 29.8 Å². The van der Waals surface area contributed by atoms with Crippen LogP contribution in [0.1, 0.15) is 39.2 Å². The van der Waals surface area contributed by atoms with Crippen molar-refractivity contribution in [2.75, 3.05) is 26.2 Å². The van der Waals surface area contributed by atoms with Crippen molar-refractivity contribution < 1.29 is 9.59 Å². The number of thioether (sulfide) groups is 1. The number of carbonyl (C=O) groups is 2. The Hall–Kier alpha value is -1.49. The van der Waals surface area contributed by atoms with Crippen molar-refractivity contribution in [3.8, 4) is 0 Å². The van der Waals surface area contributed by atoms with Crippen LogP contribution in [0, 0.1) is 0 Å². The largest absolute Gasteiger partial charge is 0.341 e. The van der Waals surface area contributed by atoms with Crippen molar-refractivity contribution in [2.24, 2.45) is 0 Å². The molecule has 1 saturated heterocycles. The summed E-state index contributed by atoms with van der Waals surface area (Å²) in [6.07, 6.45) is 1.84. The monoisotopic (exact) mass is 348 g/mol. The molecule has 4 nitrogen and oxygen atoms in total. The Morgan fingerprint density at radius 2 is 1.58 bits per heavy atom. The first-order chi connectivity index (χ1) is 11.5. The predicted molar refractivity (Wildman–Crippen MR) is 99.2 cm³/mol. The molecule has 24 heavy (non-hydrogen) atoms. The second-order valence-corrected chi connectivity index (χ2v) is 8.11. The van der Waals surface area contributed by atoms with Gasteiger partial charge < -0.3 is 9.80 Å². The van der Waals surface area contributed by atoms with Gasteiger partial charge >= 0.3 is 0 Å². The van der Waals surface area contributed by atoms with E-state index >= 15 is 0 Å². The molecule has 0 aliphatic carbocycles. The molecule has 0 unspecified atom stereocenters. The third-order valence-electron chi connectivity index (χ3n) is 4.15. The maximum Gasteiger partial charge on any atom is 0.227 e. The highest BCUT2D eigenvalue weighted by molar-refractivity contribution is 7.99. The van der Waals surface area contributed by atoms with Crippen LogP contribution in [0.3, 0.4) is 0 Å². The van der Waals surface area contributed by atoms with Gasteiger partial charge in [0, 0.05) is 42.7 Å². The van der Waals surface area contributed by atoms with Crippen LogP contribution in [0.15, 0.2) is 29.2 Å². The zero-order chi connectivity index (χ0) is 17.5. The quantitative estimate of drug-likeness (QED) is 0.767. The number of rotatable bonds is 5. The van der Waals surface area contributed by atoms with Crippen LogP contribution in [-0.4, -0.2) is 53.0 Å². The van der Waals surface area contributed by atoms with E-state index in [1.54, 1.807) is 0 Å². The molecule has 1 aliphatic heterocycles. The normalized spacial score (nSPS) is 15.5. The summed E-state index contributed by atoms with van der Waals surface area (Å²) in [5.41, 5.74) is 1.05. The van der Waals surface area contributed by atoms with Crippen molar-refractivity contribution in [1.82, 2.24) is 9.80 Å². The van der Waals surface area contributed by atoms with Crippen LogP contribution in [0.2, 0.25) is 0 Å². The lowest BCUT2D eigenvalue weighted by atomic mass is 10.1. The minimum Gasteiger partial charge on any atom is -0.341 e. The molecule has 1 aromatic rings. The number of benzene rings is 1. The number of amides is 2. The summed E-state index contributed by atoms with van der Waals surface area (Å²) in [4.78, 5) is 29.4. The van der Waals surface area contributed by atoms with Crippen molar-refractivity contribution in [3.63, 3.8) is 0 Å². The van der Waals surface area contributed by atoms with E-state index in [2.05, 4.69) is 26.0 Å². The highest BCUT2D eigenvalue weighted by Gasteiger charge is 2.21. The summed E-state index contributed by atoms with van der Waals surface area (Å²) < 4.78 is 0. The Balaban J connectivity index is 1.89. The van der Waals surface area contributed by atoms with Crippen LogP contribution < -0.4 is 0 Å². The highest BCUT2D eigenvalue weighted by atomic mass is 32.2. The molecule has 0 aromatic heterocycles. The first-order valence-corrected chi connectivity index (χ1v) is 9.68. The van der Waals surface area contributed by atoms with Crippen LogP contribution >= 0.6 is 11.8 Å². The Kier molecular flexibility index (Phi) is 7.16. The molecular formula is C19H28N2O2S. The van der Waals surface area contributed by atoms with Crippen molar-refractivity contribution in [1.29, 1.82) is 0 Å². The van der Waals surface area contributed by atoms with E-state index < -0.39 is 0 Å². The van der Waals surface area contributed by atoms with Crippen LogP contribution in [0.4, 0.5) is 0 Å². The van der Waals surface area contributed by atoms with E-state index in [0.29, 0.717) is 31.2 Å². The van der Waals surface area contributed by atoms with Gasteiger partial charge in [0.25, 0.3) is 0 Å². The molecule has 0 spiro atoms. The lowest BCUT2D eigenvalue weighted by molar-refractivity contribution is -0.133. The molecule has 1 fully saturated rings. The maximum absolute atomic E-state index is 12.5. The summed E-state index contributed by atoms with van der Waals surface area (Å²) in [6, 6.07) is 8.29. The molecule has 0 N–H and O–H groups in total. The number of nitrogens with zero attached hydrogens (tertiary/aromatic N) is 2. The minimum atomic E-state index is 0.157. The van der Waals surface area contributed by atoms with Gasteiger partial charge in [-0.05, 0) is 24.1 Å². The molecule has 0 saturated carbocycles. The minimum absolute atomic E-state index is 0.157. The Morgan fingerprint density at radius 1 is 1.00 bits per heavy atom. The number of hydrogen-bond donors (Lipinski definition) is 0. The summed E-state index contributed by atoms with van der Waals surface area (Å²) in [6.45, 7) is 9.04. The molecule has 1 heterocycles. The van der Waals surface area contributed by atoms with Gasteiger partial charge in [0.05, 0.1) is 6.42 Å². The molecule has 2 rings (SSSR count). The number of hydrogen-bond acceptors (Lipinski definition) is 3. The molecule has 1 aromatic carbocycles. The number of carbonyl (C=O) groups excluding carboxylic acids is 2. The summed E-state index contributed by atoms with van der Waals surface area (Å²) in [5, 5.41) is 0.559. The van der Waals surface area contributed by atoms with Gasteiger partial charge in [-0.3, -0.25) is 9.59 Å². The molecule has 0 atom stereocenters. The van der Waals surface area contributed by atoms with E-state index in [9.17, 15) is 9.59 Å². The average molecular weight is 349 g/mol. The molecule has 5 heteroatoms. The summed E-state index contributed by atoms with van der Waals surface area (Å²) in [7, 11) is 0. The third-order valence-corrected chi connectivity index (χ3v) is 5.17. The van der Waals surface area contributed by atoms with E-state index in [0.717, 1.165) is 25.1 Å². The van der Waals surface area contributed by atoms with Gasteiger partial charge in [0.15, 0.2) is 0 Å². The fourth-order valence-corrected chi connectivity index (χ4v) is 3.72. The van der Waals surface area contributed by atoms with Crippen LogP contribution in [0.25, 0.3) is 0 Å². The molecule has 0 radical (unpaired) electrons. The fourth-order valence-electron chi connectivity index (χ4n) is 2.88. The zero-order valence-electron chi connectivity index (χ0n) is 15.0. The first kappa shape index (κ1) is 18.8. The lowest BCUT2D eigenvalue weighted by Crippen LogP contribution is -2.37. The second kappa shape index (κ2) is 9.11. The highest BCUT2D eigenvalue weighted by Crippen LogP contribution is 2.23. The van der Waals surface area contributed by atoms with Gasteiger partial charge in [0.1, 0.15) is 0 Å². The Labute approximate surface area is 149 Å². The van der Waals surface area contributed by atoms with Gasteiger partial charge in [-0.1, -0.05) is 32.9 Å². The van der Waals surface area contributed by atoms with E-state index in [1.807, 2.05) is 40.6 Å². The van der Waals surface area contributed by atoms with Crippen LogP contribution in [0.5, 0.6) is 0 Å². The second-order valence-electron chi connectivity index (χ2n) is 6.46. The zero-order valence-corrected chi connectivity index (χ0v) is 15.8. The van der Waals surface area contributed by atoms with Gasteiger partial charge in [-0.25, -0.2) is 0 Å². The molecular weight excluding hydrogens is 320 g/mol.